The number of aliphatic hydroxyl groups is 1. The lowest BCUT2D eigenvalue weighted by Gasteiger charge is -2.26. The van der Waals surface area contributed by atoms with E-state index in [-0.39, 0.29) is 12.5 Å². The molecule has 1 aromatic carbocycles. The molecule has 1 aromatic rings. The summed E-state index contributed by atoms with van der Waals surface area (Å²) in [5.74, 6) is 0.139. The lowest BCUT2D eigenvalue weighted by Crippen LogP contribution is -2.35. The SMILES string of the molecule is O=C(c1ccc(CCO)cc1)N1CCCCC1. The fraction of sp³-hybridized carbons (Fsp3) is 0.500. The van der Waals surface area contributed by atoms with Crippen LogP contribution in [-0.4, -0.2) is 35.6 Å². The number of aliphatic hydroxyl groups excluding tert-OH is 1. The summed E-state index contributed by atoms with van der Waals surface area (Å²) >= 11 is 0. The normalized spacial score (nSPS) is 15.9. The molecule has 2 rings (SSSR count). The molecule has 1 saturated heterocycles. The molecule has 0 spiro atoms. The molecule has 1 amide bonds. The molecule has 0 atom stereocenters. The fourth-order valence-corrected chi connectivity index (χ4v) is 2.22. The molecule has 1 aliphatic rings. The van der Waals surface area contributed by atoms with E-state index in [9.17, 15) is 4.79 Å². The Morgan fingerprint density at radius 3 is 2.35 bits per heavy atom. The van der Waals surface area contributed by atoms with Gasteiger partial charge in [-0.2, -0.15) is 0 Å². The molecule has 0 saturated carbocycles. The number of amides is 1. The van der Waals surface area contributed by atoms with Crippen molar-refractivity contribution in [3.63, 3.8) is 0 Å². The summed E-state index contributed by atoms with van der Waals surface area (Å²) in [6.07, 6.45) is 4.13. The van der Waals surface area contributed by atoms with Crippen molar-refractivity contribution in [3.05, 3.63) is 35.4 Å². The molecule has 17 heavy (non-hydrogen) atoms. The number of benzene rings is 1. The van der Waals surface area contributed by atoms with Crippen molar-refractivity contribution in [3.8, 4) is 0 Å². The monoisotopic (exact) mass is 233 g/mol. The molecule has 1 aliphatic heterocycles. The van der Waals surface area contributed by atoms with Gasteiger partial charge in [0.1, 0.15) is 0 Å². The second-order valence-corrected chi connectivity index (χ2v) is 4.52. The first-order valence-electron chi connectivity index (χ1n) is 6.30. The average Bonchev–Trinajstić information content (AvgIpc) is 2.40. The Balaban J connectivity index is 2.03. The van der Waals surface area contributed by atoms with Crippen LogP contribution in [0.2, 0.25) is 0 Å². The Morgan fingerprint density at radius 1 is 1.12 bits per heavy atom. The summed E-state index contributed by atoms with van der Waals surface area (Å²) in [5, 5.41) is 8.83. The number of nitrogens with zero attached hydrogens (tertiary/aromatic N) is 1. The first-order valence-corrected chi connectivity index (χ1v) is 6.30. The standard InChI is InChI=1S/C14H19NO2/c16-11-8-12-4-6-13(7-5-12)14(17)15-9-2-1-3-10-15/h4-7,16H,1-3,8-11H2. The van der Waals surface area contributed by atoms with Gasteiger partial charge in [-0.15, -0.1) is 0 Å². The Morgan fingerprint density at radius 2 is 1.76 bits per heavy atom. The Labute approximate surface area is 102 Å². The van der Waals surface area contributed by atoms with Gasteiger partial charge in [0.2, 0.25) is 0 Å². The minimum absolute atomic E-state index is 0.139. The van der Waals surface area contributed by atoms with Crippen LogP contribution >= 0.6 is 0 Å². The number of hydrogen-bond acceptors (Lipinski definition) is 2. The molecule has 92 valence electrons. The van der Waals surface area contributed by atoms with Crippen LogP contribution in [0, 0.1) is 0 Å². The van der Waals surface area contributed by atoms with Crippen molar-refractivity contribution in [2.75, 3.05) is 19.7 Å². The van der Waals surface area contributed by atoms with E-state index in [1.54, 1.807) is 0 Å². The predicted molar refractivity (Wildman–Crippen MR) is 67.0 cm³/mol. The lowest BCUT2D eigenvalue weighted by atomic mass is 10.1. The van der Waals surface area contributed by atoms with Crippen LogP contribution in [0.3, 0.4) is 0 Å². The maximum atomic E-state index is 12.1. The number of rotatable bonds is 3. The van der Waals surface area contributed by atoms with Gasteiger partial charge in [-0.25, -0.2) is 0 Å². The number of carbonyl (C=O) groups excluding carboxylic acids is 1. The highest BCUT2D eigenvalue weighted by Crippen LogP contribution is 2.13. The van der Waals surface area contributed by atoms with Gasteiger partial charge in [0, 0.05) is 25.3 Å². The number of piperidine rings is 1. The molecule has 0 unspecified atom stereocenters. The zero-order valence-electron chi connectivity index (χ0n) is 10.1. The quantitative estimate of drug-likeness (QED) is 0.865. The minimum atomic E-state index is 0.139. The van der Waals surface area contributed by atoms with E-state index in [0.717, 1.165) is 37.1 Å². The zero-order valence-corrected chi connectivity index (χ0v) is 10.1. The largest absolute Gasteiger partial charge is 0.396 e. The number of carbonyl (C=O) groups is 1. The van der Waals surface area contributed by atoms with Crippen LogP contribution in [0.15, 0.2) is 24.3 Å². The predicted octanol–water partition coefficient (Wildman–Crippen LogP) is 1.85. The third-order valence-corrected chi connectivity index (χ3v) is 3.24. The van der Waals surface area contributed by atoms with E-state index in [1.165, 1.54) is 6.42 Å². The van der Waals surface area contributed by atoms with E-state index in [0.29, 0.717) is 6.42 Å². The van der Waals surface area contributed by atoms with Crippen LogP contribution in [0.1, 0.15) is 35.2 Å². The van der Waals surface area contributed by atoms with Gasteiger partial charge < -0.3 is 10.0 Å². The lowest BCUT2D eigenvalue weighted by molar-refractivity contribution is 0.0724. The van der Waals surface area contributed by atoms with Gasteiger partial charge in [0.25, 0.3) is 5.91 Å². The molecule has 3 nitrogen and oxygen atoms in total. The second kappa shape index (κ2) is 5.82. The molecule has 1 fully saturated rings. The van der Waals surface area contributed by atoms with E-state index >= 15 is 0 Å². The third-order valence-electron chi connectivity index (χ3n) is 3.24. The van der Waals surface area contributed by atoms with Gasteiger partial charge in [-0.1, -0.05) is 12.1 Å². The second-order valence-electron chi connectivity index (χ2n) is 4.52. The molecule has 0 aliphatic carbocycles. The van der Waals surface area contributed by atoms with E-state index in [4.69, 9.17) is 5.11 Å². The van der Waals surface area contributed by atoms with Crippen molar-refractivity contribution in [2.24, 2.45) is 0 Å². The third kappa shape index (κ3) is 3.07. The molecule has 1 N–H and O–H groups in total. The van der Waals surface area contributed by atoms with Crippen molar-refractivity contribution in [1.82, 2.24) is 4.90 Å². The summed E-state index contributed by atoms with van der Waals surface area (Å²) in [6.45, 7) is 1.92. The van der Waals surface area contributed by atoms with Gasteiger partial charge in [0.15, 0.2) is 0 Å². The smallest absolute Gasteiger partial charge is 0.253 e. The van der Waals surface area contributed by atoms with Crippen molar-refractivity contribution < 1.29 is 9.90 Å². The van der Waals surface area contributed by atoms with Gasteiger partial charge in [-0.05, 0) is 43.4 Å². The number of hydrogen-bond donors (Lipinski definition) is 1. The summed E-state index contributed by atoms with van der Waals surface area (Å²) in [5.41, 5.74) is 1.83. The zero-order chi connectivity index (χ0) is 12.1. The first kappa shape index (κ1) is 12.1. The average molecular weight is 233 g/mol. The van der Waals surface area contributed by atoms with Gasteiger partial charge in [0.05, 0.1) is 0 Å². The van der Waals surface area contributed by atoms with E-state index in [2.05, 4.69) is 0 Å². The highest BCUT2D eigenvalue weighted by Gasteiger charge is 2.17. The van der Waals surface area contributed by atoms with Crippen molar-refractivity contribution in [2.45, 2.75) is 25.7 Å². The Hall–Kier alpha value is -1.35. The molecule has 0 bridgehead atoms. The molecule has 0 radical (unpaired) electrons. The molecular weight excluding hydrogens is 214 g/mol. The van der Waals surface area contributed by atoms with Crippen LogP contribution < -0.4 is 0 Å². The number of likely N-dealkylation sites (tertiary alicyclic amines) is 1. The molecular formula is C14H19NO2. The Bertz CT molecular complexity index is 366. The fourth-order valence-electron chi connectivity index (χ4n) is 2.22. The molecule has 1 heterocycles. The Kier molecular flexibility index (Phi) is 4.15. The maximum absolute atomic E-state index is 12.1. The highest BCUT2D eigenvalue weighted by molar-refractivity contribution is 5.94. The summed E-state index contributed by atoms with van der Waals surface area (Å²) in [7, 11) is 0. The summed E-state index contributed by atoms with van der Waals surface area (Å²) in [6, 6.07) is 7.57. The van der Waals surface area contributed by atoms with E-state index in [1.807, 2.05) is 29.2 Å². The van der Waals surface area contributed by atoms with Gasteiger partial charge in [-0.3, -0.25) is 4.79 Å². The van der Waals surface area contributed by atoms with E-state index < -0.39 is 0 Å². The maximum Gasteiger partial charge on any atom is 0.253 e. The highest BCUT2D eigenvalue weighted by atomic mass is 16.2. The van der Waals surface area contributed by atoms with Crippen molar-refractivity contribution >= 4 is 5.91 Å². The van der Waals surface area contributed by atoms with Crippen LogP contribution in [0.4, 0.5) is 0 Å². The minimum Gasteiger partial charge on any atom is -0.396 e. The van der Waals surface area contributed by atoms with Gasteiger partial charge >= 0.3 is 0 Å². The molecule has 0 aromatic heterocycles. The van der Waals surface area contributed by atoms with Crippen LogP contribution in [-0.2, 0) is 6.42 Å². The topological polar surface area (TPSA) is 40.5 Å². The summed E-state index contributed by atoms with van der Waals surface area (Å²) in [4.78, 5) is 14.1. The van der Waals surface area contributed by atoms with Crippen LogP contribution in [0.25, 0.3) is 0 Å². The molecule has 3 heteroatoms. The summed E-state index contributed by atoms with van der Waals surface area (Å²) < 4.78 is 0. The van der Waals surface area contributed by atoms with Crippen LogP contribution in [0.5, 0.6) is 0 Å². The first-order chi connectivity index (χ1) is 8.31. The van der Waals surface area contributed by atoms with Crippen molar-refractivity contribution in [1.29, 1.82) is 0 Å².